The van der Waals surface area contributed by atoms with Gasteiger partial charge in [0.15, 0.2) is 0 Å². The zero-order chi connectivity index (χ0) is 15.5. The highest BCUT2D eigenvalue weighted by Crippen LogP contribution is 2.31. The summed E-state index contributed by atoms with van der Waals surface area (Å²) >= 11 is 6.63. The first kappa shape index (κ1) is 15.0. The van der Waals surface area contributed by atoms with Gasteiger partial charge in [-0.2, -0.15) is 0 Å². The molecule has 2 aromatic rings. The molecule has 0 amide bonds. The Labute approximate surface area is 136 Å². The molecule has 0 unspecified atom stereocenters. The summed E-state index contributed by atoms with van der Waals surface area (Å²) in [5.74, 6) is 0. The van der Waals surface area contributed by atoms with Crippen LogP contribution >= 0.6 is 11.6 Å². The van der Waals surface area contributed by atoms with Gasteiger partial charge in [0.25, 0.3) is 0 Å². The molecule has 0 spiro atoms. The molecule has 0 atom stereocenters. The minimum absolute atomic E-state index is 0.826. The van der Waals surface area contributed by atoms with Gasteiger partial charge in [-0.1, -0.05) is 61.2 Å². The predicted octanol–water partition coefficient (Wildman–Crippen LogP) is 4.54. The summed E-state index contributed by atoms with van der Waals surface area (Å²) in [4.78, 5) is 7.14. The van der Waals surface area contributed by atoms with Gasteiger partial charge in [0, 0.05) is 42.7 Å². The lowest BCUT2D eigenvalue weighted by Gasteiger charge is -2.29. The van der Waals surface area contributed by atoms with Gasteiger partial charge in [0.2, 0.25) is 0 Å². The Morgan fingerprint density at radius 3 is 3.00 bits per heavy atom. The maximum Gasteiger partial charge on any atom is 0.0720 e. The number of fused-ring (bicyclic) bond motifs is 2. The van der Waals surface area contributed by atoms with Crippen LogP contribution in [0.3, 0.4) is 0 Å². The molecule has 0 bridgehead atoms. The maximum atomic E-state index is 6.63. The summed E-state index contributed by atoms with van der Waals surface area (Å²) in [6.45, 7) is 10.4. The van der Waals surface area contributed by atoms with Crippen LogP contribution in [0.5, 0.6) is 0 Å². The van der Waals surface area contributed by atoms with E-state index in [0.29, 0.717) is 0 Å². The molecular formula is C19H19ClN2. The van der Waals surface area contributed by atoms with Crippen molar-refractivity contribution in [1.82, 2.24) is 9.88 Å². The molecule has 2 heterocycles. The Morgan fingerprint density at radius 2 is 2.18 bits per heavy atom. The van der Waals surface area contributed by atoms with Crippen molar-refractivity contribution in [3.05, 3.63) is 77.5 Å². The average Bonchev–Trinajstić information content (AvgIpc) is 2.54. The molecule has 0 radical (unpaired) electrons. The highest BCUT2D eigenvalue weighted by molar-refractivity contribution is 6.36. The minimum Gasteiger partial charge on any atom is -0.294 e. The molecule has 0 aliphatic carbocycles. The molecule has 0 saturated carbocycles. The van der Waals surface area contributed by atoms with Crippen molar-refractivity contribution in [3.63, 3.8) is 0 Å². The van der Waals surface area contributed by atoms with Crippen LogP contribution in [0.15, 0.2) is 61.2 Å². The van der Waals surface area contributed by atoms with Crippen molar-refractivity contribution in [2.75, 3.05) is 13.1 Å². The van der Waals surface area contributed by atoms with Crippen LogP contribution in [0.2, 0.25) is 5.02 Å². The largest absolute Gasteiger partial charge is 0.294 e. The van der Waals surface area contributed by atoms with Crippen LogP contribution in [-0.2, 0) is 13.0 Å². The first-order valence-corrected chi connectivity index (χ1v) is 7.82. The van der Waals surface area contributed by atoms with Gasteiger partial charge >= 0.3 is 0 Å². The van der Waals surface area contributed by atoms with Gasteiger partial charge < -0.3 is 0 Å². The van der Waals surface area contributed by atoms with E-state index in [-0.39, 0.29) is 0 Å². The fourth-order valence-electron chi connectivity index (χ4n) is 2.87. The number of para-hydroxylation sites is 1. The van der Waals surface area contributed by atoms with Gasteiger partial charge in [0.1, 0.15) is 0 Å². The van der Waals surface area contributed by atoms with Gasteiger partial charge in [-0.15, -0.1) is 0 Å². The van der Waals surface area contributed by atoms with Gasteiger partial charge in [0.05, 0.1) is 10.5 Å². The number of benzene rings is 1. The molecule has 22 heavy (non-hydrogen) atoms. The molecule has 112 valence electrons. The van der Waals surface area contributed by atoms with Gasteiger partial charge in [-0.25, -0.2) is 0 Å². The molecule has 3 rings (SSSR count). The highest BCUT2D eigenvalue weighted by atomic mass is 35.5. The second-order valence-electron chi connectivity index (χ2n) is 5.58. The predicted molar refractivity (Wildman–Crippen MR) is 94.2 cm³/mol. The highest BCUT2D eigenvalue weighted by Gasteiger charge is 2.21. The summed E-state index contributed by atoms with van der Waals surface area (Å²) in [5, 5.41) is 1.88. The second-order valence-corrected chi connectivity index (χ2v) is 5.96. The molecule has 1 aromatic heterocycles. The van der Waals surface area contributed by atoms with Crippen molar-refractivity contribution in [3.8, 4) is 0 Å². The summed E-state index contributed by atoms with van der Waals surface area (Å²) in [6, 6.07) is 8.07. The lowest BCUT2D eigenvalue weighted by molar-refractivity contribution is 0.276. The van der Waals surface area contributed by atoms with E-state index in [2.05, 4.69) is 18.1 Å². The van der Waals surface area contributed by atoms with Crippen LogP contribution in [0, 0.1) is 0 Å². The van der Waals surface area contributed by atoms with Crippen molar-refractivity contribution in [1.29, 1.82) is 0 Å². The standard InChI is InChI=1S/C19H19ClN2/c1-3-4-7-14(2)12-22-11-10-18-16(13-22)19(20)15-8-5-6-9-17(15)21-18/h3-9H,1-2,10-13H2/b7-4-. The van der Waals surface area contributed by atoms with Crippen molar-refractivity contribution in [2.24, 2.45) is 0 Å². The van der Waals surface area contributed by atoms with Crippen molar-refractivity contribution >= 4 is 22.5 Å². The van der Waals surface area contributed by atoms with E-state index in [9.17, 15) is 0 Å². The topological polar surface area (TPSA) is 16.1 Å². The van der Waals surface area contributed by atoms with Crippen LogP contribution < -0.4 is 0 Å². The molecular weight excluding hydrogens is 292 g/mol. The zero-order valence-electron chi connectivity index (χ0n) is 12.6. The monoisotopic (exact) mass is 310 g/mol. The molecule has 1 aliphatic rings. The first-order valence-electron chi connectivity index (χ1n) is 7.44. The Kier molecular flexibility index (Phi) is 4.41. The Bertz CT molecular complexity index is 761. The summed E-state index contributed by atoms with van der Waals surface area (Å²) in [5.41, 5.74) is 4.35. The quantitative estimate of drug-likeness (QED) is 0.770. The van der Waals surface area contributed by atoms with Crippen LogP contribution in [0.4, 0.5) is 0 Å². The zero-order valence-corrected chi connectivity index (χ0v) is 13.3. The van der Waals surface area contributed by atoms with E-state index in [1.165, 1.54) is 0 Å². The molecule has 0 fully saturated rings. The Morgan fingerprint density at radius 1 is 1.36 bits per heavy atom. The number of hydrogen-bond acceptors (Lipinski definition) is 2. The summed E-state index contributed by atoms with van der Waals surface area (Å²) in [7, 11) is 0. The average molecular weight is 311 g/mol. The first-order chi connectivity index (χ1) is 10.7. The van der Waals surface area contributed by atoms with Crippen molar-refractivity contribution < 1.29 is 0 Å². The second kappa shape index (κ2) is 6.47. The van der Waals surface area contributed by atoms with Crippen LogP contribution in [0.1, 0.15) is 11.3 Å². The third kappa shape index (κ3) is 2.99. The number of hydrogen-bond donors (Lipinski definition) is 0. The summed E-state index contributed by atoms with van der Waals surface area (Å²) < 4.78 is 0. The van der Waals surface area contributed by atoms with Crippen LogP contribution in [0.25, 0.3) is 10.9 Å². The lowest BCUT2D eigenvalue weighted by Crippen LogP contribution is -2.32. The Hall–Kier alpha value is -1.90. The van der Waals surface area contributed by atoms with E-state index < -0.39 is 0 Å². The normalized spacial score (nSPS) is 15.1. The molecule has 3 heteroatoms. The number of rotatable bonds is 4. The number of nitrogens with zero attached hydrogens (tertiary/aromatic N) is 2. The lowest BCUT2D eigenvalue weighted by atomic mass is 10.0. The van der Waals surface area contributed by atoms with Gasteiger partial charge in [-0.05, 0) is 11.6 Å². The van der Waals surface area contributed by atoms with E-state index in [1.54, 1.807) is 6.08 Å². The molecule has 1 aromatic carbocycles. The molecule has 2 nitrogen and oxygen atoms in total. The number of pyridine rings is 1. The smallest absolute Gasteiger partial charge is 0.0720 e. The van der Waals surface area contributed by atoms with Gasteiger partial charge in [-0.3, -0.25) is 9.88 Å². The van der Waals surface area contributed by atoms with E-state index >= 15 is 0 Å². The van der Waals surface area contributed by atoms with E-state index in [4.69, 9.17) is 16.6 Å². The van der Waals surface area contributed by atoms with Crippen molar-refractivity contribution in [2.45, 2.75) is 13.0 Å². The van der Waals surface area contributed by atoms with E-state index in [1.807, 2.05) is 36.4 Å². The molecule has 0 saturated heterocycles. The number of aromatic nitrogens is 1. The fourth-order valence-corrected chi connectivity index (χ4v) is 3.20. The third-order valence-corrected chi connectivity index (χ3v) is 4.38. The van der Waals surface area contributed by atoms with E-state index in [0.717, 1.165) is 58.8 Å². The summed E-state index contributed by atoms with van der Waals surface area (Å²) in [6.07, 6.45) is 6.62. The third-order valence-electron chi connectivity index (χ3n) is 3.95. The number of halogens is 1. The maximum absolute atomic E-state index is 6.63. The van der Waals surface area contributed by atoms with Crippen LogP contribution in [-0.4, -0.2) is 23.0 Å². The fraction of sp³-hybridized carbons (Fsp3) is 0.211. The SMILES string of the molecule is C=C/C=C\C(=C)CN1CCc2nc3ccccc3c(Cl)c2C1. The minimum atomic E-state index is 0.826. The molecule has 1 aliphatic heterocycles. The Balaban J connectivity index is 1.86. The number of allylic oxidation sites excluding steroid dienone is 2. The molecule has 0 N–H and O–H groups in total.